The highest BCUT2D eigenvalue weighted by Crippen LogP contribution is 2.30. The summed E-state index contributed by atoms with van der Waals surface area (Å²) in [5.41, 5.74) is 7.49. The van der Waals surface area contributed by atoms with Gasteiger partial charge in [0.15, 0.2) is 0 Å². The van der Waals surface area contributed by atoms with Gasteiger partial charge in [0.25, 0.3) is 0 Å². The topological polar surface area (TPSA) is 35.2 Å². The number of benzene rings is 2. The molecule has 0 fully saturated rings. The largest absolute Gasteiger partial charge is 0.457 e. The zero-order chi connectivity index (χ0) is 13.8. The maximum Gasteiger partial charge on any atom is 0.133 e. The van der Waals surface area contributed by atoms with E-state index in [9.17, 15) is 4.39 Å². The van der Waals surface area contributed by atoms with Gasteiger partial charge in [0.1, 0.15) is 17.3 Å². The Morgan fingerprint density at radius 3 is 2.68 bits per heavy atom. The van der Waals surface area contributed by atoms with Gasteiger partial charge in [0.05, 0.1) is 0 Å². The van der Waals surface area contributed by atoms with Crippen LogP contribution in [-0.2, 0) is 6.42 Å². The van der Waals surface area contributed by atoms with Crippen LogP contribution in [-0.4, -0.2) is 6.54 Å². The molecular weight excluding hydrogens is 309 g/mol. The van der Waals surface area contributed by atoms with Crippen molar-refractivity contribution in [2.75, 3.05) is 6.54 Å². The first-order valence-electron chi connectivity index (χ1n) is 6.02. The van der Waals surface area contributed by atoms with E-state index in [1.165, 1.54) is 12.1 Å². The molecule has 0 atom stereocenters. The molecule has 2 aromatic carbocycles. The molecular formula is C15H15BrFNO. The average molecular weight is 324 g/mol. The molecule has 0 radical (unpaired) electrons. The molecule has 0 amide bonds. The number of rotatable bonds is 4. The van der Waals surface area contributed by atoms with Crippen molar-refractivity contribution in [1.82, 2.24) is 0 Å². The van der Waals surface area contributed by atoms with E-state index < -0.39 is 0 Å². The van der Waals surface area contributed by atoms with Gasteiger partial charge in [-0.25, -0.2) is 4.39 Å². The lowest BCUT2D eigenvalue weighted by atomic mass is 10.1. The molecule has 2 N–H and O–H groups in total. The Bertz CT molecular complexity index is 586. The predicted octanol–water partition coefficient (Wildman–Crippen LogP) is 4.19. The molecule has 4 heteroatoms. The van der Waals surface area contributed by atoms with Gasteiger partial charge in [0, 0.05) is 10.5 Å². The molecule has 2 aromatic rings. The summed E-state index contributed by atoms with van der Waals surface area (Å²) in [6.07, 6.45) is 0.711. The van der Waals surface area contributed by atoms with Crippen LogP contribution >= 0.6 is 15.9 Å². The van der Waals surface area contributed by atoms with Crippen LogP contribution in [0.1, 0.15) is 11.1 Å². The van der Waals surface area contributed by atoms with E-state index >= 15 is 0 Å². The highest BCUT2D eigenvalue weighted by Gasteiger charge is 2.08. The number of aryl methyl sites for hydroxylation is 1. The summed E-state index contributed by atoms with van der Waals surface area (Å²) in [5, 5.41) is 0. The van der Waals surface area contributed by atoms with Crippen LogP contribution in [0.5, 0.6) is 11.5 Å². The summed E-state index contributed by atoms with van der Waals surface area (Å²) in [5.74, 6) is 0.932. The molecule has 0 aliphatic heterocycles. The van der Waals surface area contributed by atoms with Crippen LogP contribution in [0, 0.1) is 12.7 Å². The van der Waals surface area contributed by atoms with Crippen molar-refractivity contribution in [2.45, 2.75) is 13.3 Å². The van der Waals surface area contributed by atoms with Crippen LogP contribution < -0.4 is 10.5 Å². The minimum atomic E-state index is -0.307. The van der Waals surface area contributed by atoms with Crippen molar-refractivity contribution >= 4 is 15.9 Å². The molecule has 0 saturated carbocycles. The molecule has 0 bridgehead atoms. The Hall–Kier alpha value is -1.39. The Morgan fingerprint density at radius 2 is 1.95 bits per heavy atom. The molecule has 0 unspecified atom stereocenters. The molecule has 0 aliphatic carbocycles. The molecule has 0 spiro atoms. The van der Waals surface area contributed by atoms with Crippen LogP contribution in [0.25, 0.3) is 0 Å². The fourth-order valence-corrected chi connectivity index (χ4v) is 2.21. The molecule has 0 aromatic heterocycles. The smallest absolute Gasteiger partial charge is 0.133 e. The quantitative estimate of drug-likeness (QED) is 0.915. The van der Waals surface area contributed by atoms with Gasteiger partial charge in [-0.05, 0) is 55.3 Å². The number of hydrogen-bond donors (Lipinski definition) is 1. The maximum absolute atomic E-state index is 13.3. The molecule has 0 aliphatic rings. The highest BCUT2D eigenvalue weighted by atomic mass is 79.9. The van der Waals surface area contributed by atoms with Gasteiger partial charge < -0.3 is 10.5 Å². The minimum absolute atomic E-state index is 0.307. The Morgan fingerprint density at radius 1 is 1.16 bits per heavy atom. The van der Waals surface area contributed by atoms with E-state index in [4.69, 9.17) is 10.5 Å². The number of nitrogens with two attached hydrogens (primary N) is 1. The number of ether oxygens (including phenoxy) is 1. The highest BCUT2D eigenvalue weighted by molar-refractivity contribution is 9.10. The van der Waals surface area contributed by atoms with Crippen LogP contribution in [0.15, 0.2) is 40.9 Å². The molecule has 2 nitrogen and oxygen atoms in total. The first-order valence-corrected chi connectivity index (χ1v) is 6.82. The summed E-state index contributed by atoms with van der Waals surface area (Å²) in [7, 11) is 0. The second-order valence-electron chi connectivity index (χ2n) is 4.30. The van der Waals surface area contributed by atoms with Crippen LogP contribution in [0.2, 0.25) is 0 Å². The SMILES string of the molecule is Cc1ccc(F)cc1Oc1ccc(Br)cc1CCN. The van der Waals surface area contributed by atoms with Crippen molar-refractivity contribution in [3.8, 4) is 11.5 Å². The van der Waals surface area contributed by atoms with Crippen LogP contribution in [0.3, 0.4) is 0 Å². The van der Waals surface area contributed by atoms with E-state index in [2.05, 4.69) is 15.9 Å². The van der Waals surface area contributed by atoms with E-state index in [1.54, 1.807) is 6.07 Å². The fourth-order valence-electron chi connectivity index (χ4n) is 1.80. The standard InChI is InChI=1S/C15H15BrFNO/c1-10-2-4-13(17)9-15(10)19-14-5-3-12(16)8-11(14)6-7-18/h2-5,8-9H,6-7,18H2,1H3. The third kappa shape index (κ3) is 3.55. The zero-order valence-electron chi connectivity index (χ0n) is 10.6. The lowest BCUT2D eigenvalue weighted by Gasteiger charge is -2.13. The van der Waals surface area contributed by atoms with Gasteiger partial charge in [0.2, 0.25) is 0 Å². The van der Waals surface area contributed by atoms with Gasteiger partial charge in [-0.1, -0.05) is 22.0 Å². The van der Waals surface area contributed by atoms with Gasteiger partial charge in [-0.3, -0.25) is 0 Å². The monoisotopic (exact) mass is 323 g/mol. The fraction of sp³-hybridized carbons (Fsp3) is 0.200. The summed E-state index contributed by atoms with van der Waals surface area (Å²) in [6.45, 7) is 2.42. The van der Waals surface area contributed by atoms with Gasteiger partial charge in [-0.2, -0.15) is 0 Å². The number of hydrogen-bond acceptors (Lipinski definition) is 2. The van der Waals surface area contributed by atoms with E-state index in [0.717, 1.165) is 15.6 Å². The second-order valence-corrected chi connectivity index (χ2v) is 5.22. The Labute approximate surface area is 120 Å². The third-order valence-electron chi connectivity index (χ3n) is 2.81. The summed E-state index contributed by atoms with van der Waals surface area (Å²) >= 11 is 3.42. The third-order valence-corrected chi connectivity index (χ3v) is 3.30. The van der Waals surface area contributed by atoms with Crippen molar-refractivity contribution in [3.63, 3.8) is 0 Å². The first-order chi connectivity index (χ1) is 9.10. The molecule has 2 rings (SSSR count). The lowest BCUT2D eigenvalue weighted by Crippen LogP contribution is -2.04. The Balaban J connectivity index is 2.34. The number of halogens is 2. The zero-order valence-corrected chi connectivity index (χ0v) is 12.2. The molecule has 100 valence electrons. The van der Waals surface area contributed by atoms with Crippen molar-refractivity contribution in [1.29, 1.82) is 0 Å². The van der Waals surface area contributed by atoms with Crippen LogP contribution in [0.4, 0.5) is 4.39 Å². The van der Waals surface area contributed by atoms with Crippen molar-refractivity contribution in [2.24, 2.45) is 5.73 Å². The van der Waals surface area contributed by atoms with E-state index in [-0.39, 0.29) is 5.82 Å². The first kappa shape index (κ1) is 14.0. The van der Waals surface area contributed by atoms with Crippen molar-refractivity contribution in [3.05, 3.63) is 57.8 Å². The van der Waals surface area contributed by atoms with Gasteiger partial charge >= 0.3 is 0 Å². The summed E-state index contributed by atoms with van der Waals surface area (Å²) < 4.78 is 20.0. The molecule has 0 heterocycles. The maximum atomic E-state index is 13.3. The average Bonchev–Trinajstić information content (AvgIpc) is 2.37. The summed E-state index contributed by atoms with van der Waals surface area (Å²) in [4.78, 5) is 0. The normalized spacial score (nSPS) is 10.5. The van der Waals surface area contributed by atoms with E-state index in [0.29, 0.717) is 24.5 Å². The molecule has 0 saturated heterocycles. The second kappa shape index (κ2) is 6.17. The summed E-state index contributed by atoms with van der Waals surface area (Å²) in [6, 6.07) is 10.2. The van der Waals surface area contributed by atoms with E-state index in [1.807, 2.05) is 25.1 Å². The molecule has 19 heavy (non-hydrogen) atoms. The lowest BCUT2D eigenvalue weighted by molar-refractivity contribution is 0.467. The Kier molecular flexibility index (Phi) is 4.56. The predicted molar refractivity (Wildman–Crippen MR) is 78.1 cm³/mol. The minimum Gasteiger partial charge on any atom is -0.457 e. The van der Waals surface area contributed by atoms with Crippen molar-refractivity contribution < 1.29 is 9.13 Å². The van der Waals surface area contributed by atoms with Gasteiger partial charge in [-0.15, -0.1) is 0 Å².